The van der Waals surface area contributed by atoms with Crippen molar-refractivity contribution in [3.8, 4) is 0 Å². The van der Waals surface area contributed by atoms with Crippen LogP contribution in [0.25, 0.3) is 0 Å². The van der Waals surface area contributed by atoms with E-state index in [9.17, 15) is 0 Å². The maximum Gasteiger partial charge on any atom is 0.158 e. The maximum atomic E-state index is 5.56. The molecule has 1 saturated heterocycles. The summed E-state index contributed by atoms with van der Waals surface area (Å²) >= 11 is 0. The van der Waals surface area contributed by atoms with Crippen molar-refractivity contribution in [2.45, 2.75) is 12.7 Å². The average Bonchev–Trinajstić information content (AvgIpc) is 2.46. The fourth-order valence-electron chi connectivity index (χ4n) is 1.78. The molecule has 7 nitrogen and oxygen atoms in total. The van der Waals surface area contributed by atoms with Crippen molar-refractivity contribution in [1.29, 1.82) is 0 Å². The highest BCUT2D eigenvalue weighted by Gasteiger charge is 2.14. The van der Waals surface area contributed by atoms with Gasteiger partial charge in [-0.2, -0.15) is 0 Å². The zero-order chi connectivity index (χ0) is 13.5. The standard InChI is InChI=1S/C12H20N4O3/c1-13-10-5-11(16-12(15-10)8-17-2)14-6-9-7-18-3-4-19-9/h5,9H,3-4,6-8H2,1-2H3,(H2,13,14,15,16). The summed E-state index contributed by atoms with van der Waals surface area (Å²) in [6.45, 7) is 2.97. The molecule has 0 saturated carbocycles. The molecule has 1 aromatic heterocycles. The first-order valence-electron chi connectivity index (χ1n) is 6.29. The van der Waals surface area contributed by atoms with E-state index in [4.69, 9.17) is 14.2 Å². The molecular weight excluding hydrogens is 248 g/mol. The van der Waals surface area contributed by atoms with Crippen LogP contribution in [0.1, 0.15) is 5.82 Å². The van der Waals surface area contributed by atoms with Crippen molar-refractivity contribution in [3.63, 3.8) is 0 Å². The van der Waals surface area contributed by atoms with Gasteiger partial charge in [-0.05, 0) is 0 Å². The zero-order valence-corrected chi connectivity index (χ0v) is 11.3. The lowest BCUT2D eigenvalue weighted by molar-refractivity contribution is -0.0819. The minimum atomic E-state index is 0.0626. The molecule has 106 valence electrons. The number of anilines is 2. The summed E-state index contributed by atoms with van der Waals surface area (Å²) in [6.07, 6.45) is 0.0626. The fourth-order valence-corrected chi connectivity index (χ4v) is 1.78. The van der Waals surface area contributed by atoms with Crippen molar-refractivity contribution < 1.29 is 14.2 Å². The van der Waals surface area contributed by atoms with E-state index in [0.717, 1.165) is 11.6 Å². The van der Waals surface area contributed by atoms with E-state index in [1.165, 1.54) is 0 Å². The van der Waals surface area contributed by atoms with Crippen LogP contribution in [0.2, 0.25) is 0 Å². The van der Waals surface area contributed by atoms with E-state index in [1.807, 2.05) is 13.1 Å². The van der Waals surface area contributed by atoms with Crippen LogP contribution in [0.15, 0.2) is 6.07 Å². The number of hydrogen-bond acceptors (Lipinski definition) is 7. The summed E-state index contributed by atoms with van der Waals surface area (Å²) in [5, 5.41) is 6.24. The van der Waals surface area contributed by atoms with Crippen molar-refractivity contribution in [3.05, 3.63) is 11.9 Å². The first kappa shape index (κ1) is 14.0. The molecule has 0 spiro atoms. The van der Waals surface area contributed by atoms with Gasteiger partial charge in [-0.3, -0.25) is 0 Å². The Morgan fingerprint density at radius 3 is 2.89 bits per heavy atom. The van der Waals surface area contributed by atoms with Gasteiger partial charge in [0.25, 0.3) is 0 Å². The number of rotatable bonds is 6. The smallest absolute Gasteiger partial charge is 0.158 e. The van der Waals surface area contributed by atoms with Crippen LogP contribution in [0.3, 0.4) is 0 Å². The van der Waals surface area contributed by atoms with Crippen LogP contribution in [0, 0.1) is 0 Å². The van der Waals surface area contributed by atoms with Gasteiger partial charge in [0.05, 0.1) is 25.9 Å². The third-order valence-corrected chi connectivity index (χ3v) is 2.70. The molecule has 0 bridgehead atoms. The van der Waals surface area contributed by atoms with Crippen LogP contribution in [-0.2, 0) is 20.8 Å². The molecule has 1 aliphatic heterocycles. The molecule has 1 unspecified atom stereocenters. The van der Waals surface area contributed by atoms with Crippen LogP contribution < -0.4 is 10.6 Å². The summed E-state index contributed by atoms with van der Waals surface area (Å²) in [5.41, 5.74) is 0. The molecule has 0 aromatic carbocycles. The highest BCUT2D eigenvalue weighted by molar-refractivity contribution is 5.47. The van der Waals surface area contributed by atoms with Gasteiger partial charge in [0.1, 0.15) is 18.2 Å². The Bertz CT molecular complexity index is 397. The van der Waals surface area contributed by atoms with Gasteiger partial charge < -0.3 is 24.8 Å². The minimum Gasteiger partial charge on any atom is -0.377 e. The van der Waals surface area contributed by atoms with Crippen LogP contribution in [-0.4, -0.2) is 56.6 Å². The molecule has 0 aliphatic carbocycles. The van der Waals surface area contributed by atoms with Crippen LogP contribution in [0.5, 0.6) is 0 Å². The summed E-state index contributed by atoms with van der Waals surface area (Å²) in [5.74, 6) is 2.14. The van der Waals surface area contributed by atoms with E-state index in [-0.39, 0.29) is 6.10 Å². The first-order valence-corrected chi connectivity index (χ1v) is 6.29. The van der Waals surface area contributed by atoms with Gasteiger partial charge in [-0.25, -0.2) is 9.97 Å². The molecule has 2 heterocycles. The number of hydrogen-bond donors (Lipinski definition) is 2. The molecule has 1 aliphatic rings. The van der Waals surface area contributed by atoms with Gasteiger partial charge >= 0.3 is 0 Å². The molecule has 1 atom stereocenters. The zero-order valence-electron chi connectivity index (χ0n) is 11.3. The third kappa shape index (κ3) is 4.30. The van der Waals surface area contributed by atoms with E-state index in [0.29, 0.717) is 38.8 Å². The second-order valence-electron chi connectivity index (χ2n) is 4.19. The molecule has 2 rings (SSSR count). The molecule has 0 amide bonds. The molecule has 2 N–H and O–H groups in total. The molecule has 19 heavy (non-hydrogen) atoms. The second kappa shape index (κ2) is 7.22. The number of aromatic nitrogens is 2. The van der Waals surface area contributed by atoms with E-state index >= 15 is 0 Å². The lowest BCUT2D eigenvalue weighted by Gasteiger charge is -2.23. The Morgan fingerprint density at radius 1 is 1.37 bits per heavy atom. The molecule has 7 heteroatoms. The molecule has 1 fully saturated rings. The third-order valence-electron chi connectivity index (χ3n) is 2.70. The lowest BCUT2D eigenvalue weighted by atomic mass is 10.3. The summed E-state index contributed by atoms with van der Waals surface area (Å²) in [7, 11) is 3.44. The maximum absolute atomic E-state index is 5.56. The van der Waals surface area contributed by atoms with Crippen LogP contribution >= 0.6 is 0 Å². The van der Waals surface area contributed by atoms with Gasteiger partial charge in [0, 0.05) is 26.8 Å². The fraction of sp³-hybridized carbons (Fsp3) is 0.667. The van der Waals surface area contributed by atoms with E-state index < -0.39 is 0 Å². The monoisotopic (exact) mass is 268 g/mol. The van der Waals surface area contributed by atoms with Gasteiger partial charge in [-0.15, -0.1) is 0 Å². The van der Waals surface area contributed by atoms with Gasteiger partial charge in [0.15, 0.2) is 5.82 Å². The Kier molecular flexibility index (Phi) is 5.31. The largest absolute Gasteiger partial charge is 0.377 e. The highest BCUT2D eigenvalue weighted by atomic mass is 16.6. The lowest BCUT2D eigenvalue weighted by Crippen LogP contribution is -2.34. The number of methoxy groups -OCH3 is 1. The predicted molar refractivity (Wildman–Crippen MR) is 71.3 cm³/mol. The van der Waals surface area contributed by atoms with Crippen LogP contribution in [0.4, 0.5) is 11.6 Å². The number of nitrogens with one attached hydrogen (secondary N) is 2. The Labute approximate surface area is 112 Å². The van der Waals surface area contributed by atoms with Crippen molar-refractivity contribution in [2.24, 2.45) is 0 Å². The van der Waals surface area contributed by atoms with E-state index in [2.05, 4.69) is 20.6 Å². The van der Waals surface area contributed by atoms with Crippen molar-refractivity contribution in [1.82, 2.24) is 9.97 Å². The van der Waals surface area contributed by atoms with Gasteiger partial charge in [-0.1, -0.05) is 0 Å². The number of nitrogens with zero attached hydrogens (tertiary/aromatic N) is 2. The minimum absolute atomic E-state index is 0.0626. The van der Waals surface area contributed by atoms with Crippen molar-refractivity contribution >= 4 is 11.6 Å². The Balaban J connectivity index is 1.95. The molecule has 0 radical (unpaired) electrons. The SMILES string of the molecule is CNc1cc(NCC2COCCO2)nc(COC)n1. The first-order chi connectivity index (χ1) is 9.31. The molecule has 1 aromatic rings. The van der Waals surface area contributed by atoms with E-state index in [1.54, 1.807) is 7.11 Å². The normalized spacial score (nSPS) is 19.2. The highest BCUT2D eigenvalue weighted by Crippen LogP contribution is 2.12. The Morgan fingerprint density at radius 2 is 2.21 bits per heavy atom. The summed E-state index contributed by atoms with van der Waals surface area (Å²) in [6, 6.07) is 1.85. The summed E-state index contributed by atoms with van der Waals surface area (Å²) in [4.78, 5) is 8.67. The predicted octanol–water partition coefficient (Wildman–Crippen LogP) is 0.492. The van der Waals surface area contributed by atoms with Crippen molar-refractivity contribution in [2.75, 3.05) is 51.2 Å². The average molecular weight is 268 g/mol. The Hall–Kier alpha value is -1.44. The number of ether oxygens (including phenoxy) is 3. The summed E-state index contributed by atoms with van der Waals surface area (Å²) < 4.78 is 16.0. The second-order valence-corrected chi connectivity index (χ2v) is 4.19. The quantitative estimate of drug-likeness (QED) is 0.777. The van der Waals surface area contributed by atoms with Gasteiger partial charge in [0.2, 0.25) is 0 Å². The topological polar surface area (TPSA) is 77.5 Å². The molecular formula is C12H20N4O3.